The summed E-state index contributed by atoms with van der Waals surface area (Å²) in [4.78, 5) is 26.9. The zero-order valence-corrected chi connectivity index (χ0v) is 15.5. The second-order valence-electron chi connectivity index (χ2n) is 5.52. The van der Waals surface area contributed by atoms with E-state index in [2.05, 4.69) is 10.3 Å². The Morgan fingerprint density at radius 3 is 2.46 bits per heavy atom. The number of fused-ring (bicyclic) bond motifs is 1. The highest BCUT2D eigenvalue weighted by Gasteiger charge is 2.25. The van der Waals surface area contributed by atoms with Gasteiger partial charge in [0, 0.05) is 6.20 Å². The predicted molar refractivity (Wildman–Crippen MR) is 102 cm³/mol. The average molecular weight is 423 g/mol. The van der Waals surface area contributed by atoms with Crippen LogP contribution in [0.15, 0.2) is 36.5 Å². The Kier molecular flexibility index (Phi) is 5.18. The lowest BCUT2D eigenvalue weighted by Gasteiger charge is -2.08. The maximum absolute atomic E-state index is 12.1. The first-order chi connectivity index (χ1) is 13.2. The highest BCUT2D eigenvalue weighted by Crippen LogP contribution is 2.46. The van der Waals surface area contributed by atoms with Gasteiger partial charge in [0.1, 0.15) is 6.54 Å². The standard InChI is InChI=1S/C16H13N3O7S2/c20-10(21)7-18-16(23)13-14(22)11-9(6-17-13)27-15(8-4-2-1-3-5-8)12(11)19-28(24,25)26/h1-6,19,22H,7H2,(H,18,23)(H,20,21)(H,24,25,26). The largest absolute Gasteiger partial charge is 0.505 e. The molecule has 0 unspecified atom stereocenters. The number of benzene rings is 1. The molecule has 0 spiro atoms. The number of nitrogens with one attached hydrogen (secondary N) is 2. The van der Waals surface area contributed by atoms with E-state index in [4.69, 9.17) is 5.11 Å². The summed E-state index contributed by atoms with van der Waals surface area (Å²) in [6.07, 6.45) is 1.25. The number of hydrogen-bond acceptors (Lipinski definition) is 7. The molecule has 0 aliphatic heterocycles. The Labute approximate surface area is 162 Å². The predicted octanol–water partition coefficient (Wildman–Crippen LogP) is 1.70. The van der Waals surface area contributed by atoms with Gasteiger partial charge in [-0.2, -0.15) is 8.42 Å². The van der Waals surface area contributed by atoms with Crippen molar-refractivity contribution in [3.05, 3.63) is 42.2 Å². The Hall–Kier alpha value is -3.22. The molecule has 0 bridgehead atoms. The van der Waals surface area contributed by atoms with Crippen LogP contribution in [0.25, 0.3) is 20.5 Å². The smallest absolute Gasteiger partial charge is 0.357 e. The summed E-state index contributed by atoms with van der Waals surface area (Å²) in [6, 6.07) is 8.60. The number of thiophene rings is 1. The molecule has 0 fully saturated rings. The molecule has 5 N–H and O–H groups in total. The van der Waals surface area contributed by atoms with Gasteiger partial charge >= 0.3 is 16.3 Å². The minimum atomic E-state index is -4.69. The van der Waals surface area contributed by atoms with Crippen LogP contribution in [0.5, 0.6) is 5.75 Å². The third-order valence-corrected chi connectivity index (χ3v) is 5.23. The second kappa shape index (κ2) is 7.42. The van der Waals surface area contributed by atoms with Gasteiger partial charge in [-0.25, -0.2) is 4.98 Å². The van der Waals surface area contributed by atoms with Crippen LogP contribution < -0.4 is 10.0 Å². The zero-order valence-electron chi connectivity index (χ0n) is 13.9. The van der Waals surface area contributed by atoms with Crippen molar-refractivity contribution in [1.29, 1.82) is 0 Å². The van der Waals surface area contributed by atoms with Gasteiger partial charge in [-0.05, 0) is 5.56 Å². The average Bonchev–Trinajstić information content (AvgIpc) is 2.98. The molecule has 0 aliphatic rings. The first kappa shape index (κ1) is 19.5. The minimum Gasteiger partial charge on any atom is -0.505 e. The molecule has 0 radical (unpaired) electrons. The number of carboxylic acid groups (broad SMARTS) is 1. The van der Waals surface area contributed by atoms with Crippen molar-refractivity contribution in [2.45, 2.75) is 0 Å². The summed E-state index contributed by atoms with van der Waals surface area (Å²) in [5, 5.41) is 21.2. The molecular weight excluding hydrogens is 410 g/mol. The molecule has 2 aromatic heterocycles. The molecule has 1 aromatic carbocycles. The van der Waals surface area contributed by atoms with Crippen LogP contribution >= 0.6 is 11.3 Å². The van der Waals surface area contributed by atoms with Crippen LogP contribution in [0.2, 0.25) is 0 Å². The number of rotatable bonds is 6. The molecule has 2 heterocycles. The number of carboxylic acids is 1. The van der Waals surface area contributed by atoms with E-state index in [-0.39, 0.29) is 11.1 Å². The van der Waals surface area contributed by atoms with E-state index >= 15 is 0 Å². The van der Waals surface area contributed by atoms with E-state index in [1.807, 2.05) is 4.72 Å². The second-order valence-corrected chi connectivity index (χ2v) is 7.73. The van der Waals surface area contributed by atoms with Crippen LogP contribution in [-0.2, 0) is 15.1 Å². The quantitative estimate of drug-likeness (QED) is 0.374. The minimum absolute atomic E-state index is 0.0445. The molecule has 12 heteroatoms. The summed E-state index contributed by atoms with van der Waals surface area (Å²) in [7, 11) is -4.69. The van der Waals surface area contributed by atoms with Crippen molar-refractivity contribution >= 4 is 49.3 Å². The SMILES string of the molecule is O=C(O)CNC(=O)c1ncc2sc(-c3ccccc3)c(NS(=O)(=O)O)c2c1O. The number of nitrogens with zero attached hydrogens (tertiary/aromatic N) is 1. The maximum Gasteiger partial charge on any atom is 0.357 e. The highest BCUT2D eigenvalue weighted by molar-refractivity contribution is 7.87. The first-order valence-corrected chi connectivity index (χ1v) is 9.88. The monoisotopic (exact) mass is 423 g/mol. The molecule has 146 valence electrons. The first-order valence-electron chi connectivity index (χ1n) is 7.62. The molecule has 0 saturated carbocycles. The number of carbonyl (C=O) groups excluding carboxylic acids is 1. The summed E-state index contributed by atoms with van der Waals surface area (Å²) in [5.74, 6) is -2.89. The Morgan fingerprint density at radius 2 is 1.86 bits per heavy atom. The number of aliphatic carboxylic acids is 1. The van der Waals surface area contributed by atoms with Gasteiger partial charge in [-0.3, -0.25) is 18.9 Å². The summed E-state index contributed by atoms with van der Waals surface area (Å²) < 4.78 is 34.4. The lowest BCUT2D eigenvalue weighted by Crippen LogP contribution is -2.29. The van der Waals surface area contributed by atoms with E-state index in [9.17, 15) is 27.7 Å². The molecular formula is C16H13N3O7S2. The number of amides is 1. The molecule has 1 amide bonds. The van der Waals surface area contributed by atoms with Gasteiger partial charge in [0.05, 0.1) is 20.7 Å². The van der Waals surface area contributed by atoms with Crippen LogP contribution in [0.1, 0.15) is 10.5 Å². The van der Waals surface area contributed by atoms with Gasteiger partial charge in [-0.1, -0.05) is 30.3 Å². The van der Waals surface area contributed by atoms with E-state index in [0.717, 1.165) is 11.3 Å². The number of aromatic hydroxyl groups is 1. The van der Waals surface area contributed by atoms with E-state index in [0.29, 0.717) is 15.1 Å². The fourth-order valence-corrected chi connectivity index (χ4v) is 4.16. The van der Waals surface area contributed by atoms with Gasteiger partial charge in [0.15, 0.2) is 11.4 Å². The van der Waals surface area contributed by atoms with Crippen LogP contribution in [0.4, 0.5) is 5.69 Å². The fraction of sp³-hybridized carbons (Fsp3) is 0.0625. The molecule has 0 atom stereocenters. The van der Waals surface area contributed by atoms with Crippen LogP contribution in [-0.4, -0.2) is 46.6 Å². The lowest BCUT2D eigenvalue weighted by atomic mass is 10.1. The third-order valence-electron chi connectivity index (χ3n) is 3.59. The summed E-state index contributed by atoms with van der Waals surface area (Å²) in [6.45, 7) is -0.687. The number of hydrogen-bond donors (Lipinski definition) is 5. The number of carbonyl (C=O) groups is 2. The molecule has 10 nitrogen and oxygen atoms in total. The zero-order chi connectivity index (χ0) is 20.5. The van der Waals surface area contributed by atoms with Crippen molar-refractivity contribution in [2.24, 2.45) is 0 Å². The van der Waals surface area contributed by atoms with Crippen molar-refractivity contribution in [3.63, 3.8) is 0 Å². The van der Waals surface area contributed by atoms with E-state index in [1.165, 1.54) is 6.20 Å². The van der Waals surface area contributed by atoms with Crippen molar-refractivity contribution in [3.8, 4) is 16.2 Å². The molecule has 0 aliphatic carbocycles. The van der Waals surface area contributed by atoms with E-state index < -0.39 is 40.2 Å². The highest BCUT2D eigenvalue weighted by atomic mass is 32.2. The molecule has 28 heavy (non-hydrogen) atoms. The molecule has 3 rings (SSSR count). The van der Waals surface area contributed by atoms with Crippen molar-refractivity contribution in [1.82, 2.24) is 10.3 Å². The summed E-state index contributed by atoms with van der Waals surface area (Å²) in [5.41, 5.74) is -0.00318. The number of pyridine rings is 1. The number of anilines is 1. The Balaban J connectivity index is 2.21. The Bertz CT molecular complexity index is 1170. The molecule has 3 aromatic rings. The van der Waals surface area contributed by atoms with Crippen LogP contribution in [0, 0.1) is 0 Å². The number of aromatic nitrogens is 1. The maximum atomic E-state index is 12.1. The topological polar surface area (TPSA) is 166 Å². The van der Waals surface area contributed by atoms with Gasteiger partial charge in [-0.15, -0.1) is 11.3 Å². The fourth-order valence-electron chi connectivity index (χ4n) is 2.50. The van der Waals surface area contributed by atoms with Crippen LogP contribution in [0.3, 0.4) is 0 Å². The van der Waals surface area contributed by atoms with Gasteiger partial charge in [0.2, 0.25) is 0 Å². The van der Waals surface area contributed by atoms with Crippen molar-refractivity contribution < 1.29 is 32.8 Å². The normalized spacial score (nSPS) is 11.3. The third kappa shape index (κ3) is 4.03. The summed E-state index contributed by atoms with van der Waals surface area (Å²) >= 11 is 1.08. The van der Waals surface area contributed by atoms with E-state index in [1.54, 1.807) is 30.3 Å². The van der Waals surface area contributed by atoms with Crippen molar-refractivity contribution in [2.75, 3.05) is 11.3 Å². The Morgan fingerprint density at radius 1 is 1.18 bits per heavy atom. The van der Waals surface area contributed by atoms with Gasteiger partial charge in [0.25, 0.3) is 5.91 Å². The molecule has 0 saturated heterocycles. The van der Waals surface area contributed by atoms with Gasteiger partial charge < -0.3 is 15.5 Å². The lowest BCUT2D eigenvalue weighted by molar-refractivity contribution is -0.135.